The number of nitro groups is 1. The van der Waals surface area contributed by atoms with E-state index in [9.17, 15) is 14.9 Å². The fraction of sp³-hybridized carbons (Fsp3) is 0.333. The Morgan fingerprint density at radius 2 is 2.18 bits per heavy atom. The van der Waals surface area contributed by atoms with Crippen molar-refractivity contribution in [2.75, 3.05) is 13.7 Å². The van der Waals surface area contributed by atoms with Crippen molar-refractivity contribution in [1.29, 1.82) is 0 Å². The summed E-state index contributed by atoms with van der Waals surface area (Å²) >= 11 is 10.7. The van der Waals surface area contributed by atoms with E-state index >= 15 is 0 Å². The van der Waals surface area contributed by atoms with Gasteiger partial charge in [-0.25, -0.2) is 0 Å². The van der Waals surface area contributed by atoms with Gasteiger partial charge in [-0.2, -0.15) is 0 Å². The van der Waals surface area contributed by atoms with Crippen LogP contribution in [0.15, 0.2) is 18.2 Å². The molecule has 22 heavy (non-hydrogen) atoms. The quantitative estimate of drug-likeness (QED) is 0.420. The number of carbonyl (C=O) groups excluding carboxylic acids is 1. The van der Waals surface area contributed by atoms with E-state index < -0.39 is 10.8 Å². The highest BCUT2D eigenvalue weighted by molar-refractivity contribution is 7.80. The molecule has 1 atom stereocenters. The van der Waals surface area contributed by atoms with Crippen LogP contribution in [0.25, 0.3) is 0 Å². The number of nitro benzene ring substituents is 1. The monoisotopic (exact) mass is 346 g/mol. The minimum Gasteiger partial charge on any atom is -0.383 e. The number of hydrogen-bond acceptors (Lipinski definition) is 5. The van der Waals surface area contributed by atoms with E-state index in [0.717, 1.165) is 6.07 Å². The molecule has 0 spiro atoms. The van der Waals surface area contributed by atoms with Crippen molar-refractivity contribution in [3.8, 4) is 0 Å². The van der Waals surface area contributed by atoms with Crippen LogP contribution in [0.3, 0.4) is 0 Å². The Morgan fingerprint density at radius 3 is 2.77 bits per heavy atom. The Kier molecular flexibility index (Phi) is 6.96. The number of nitrogens with zero attached hydrogens (tertiary/aromatic N) is 1. The van der Waals surface area contributed by atoms with E-state index in [1.165, 1.54) is 12.1 Å². The zero-order valence-electron chi connectivity index (χ0n) is 11.9. The van der Waals surface area contributed by atoms with Crippen LogP contribution in [-0.2, 0) is 4.74 Å². The summed E-state index contributed by atoms with van der Waals surface area (Å²) in [6, 6.07) is 3.64. The molecule has 3 N–H and O–H groups in total. The van der Waals surface area contributed by atoms with Gasteiger partial charge < -0.3 is 10.1 Å². The summed E-state index contributed by atoms with van der Waals surface area (Å²) in [4.78, 5) is 22.2. The lowest BCUT2D eigenvalue weighted by molar-refractivity contribution is -0.385. The number of hydrogen-bond donors (Lipinski definition) is 3. The molecule has 8 nitrogen and oxygen atoms in total. The van der Waals surface area contributed by atoms with Crippen molar-refractivity contribution in [3.63, 3.8) is 0 Å². The van der Waals surface area contributed by atoms with E-state index in [1.807, 2.05) is 6.92 Å². The van der Waals surface area contributed by atoms with Crippen molar-refractivity contribution in [2.24, 2.45) is 0 Å². The summed E-state index contributed by atoms with van der Waals surface area (Å²) in [5.74, 6) is -0.724. The molecule has 1 aromatic carbocycles. The van der Waals surface area contributed by atoms with Crippen LogP contribution in [0.1, 0.15) is 17.3 Å². The number of hydrazine groups is 1. The first-order valence-corrected chi connectivity index (χ1v) is 6.93. The minimum atomic E-state index is -0.724. The zero-order chi connectivity index (χ0) is 16.7. The maximum absolute atomic E-state index is 12.0. The smallest absolute Gasteiger partial charge is 0.282 e. The van der Waals surface area contributed by atoms with E-state index in [-0.39, 0.29) is 27.4 Å². The van der Waals surface area contributed by atoms with Gasteiger partial charge in [0, 0.05) is 24.2 Å². The number of amides is 1. The number of halogens is 1. The molecule has 0 heterocycles. The van der Waals surface area contributed by atoms with Gasteiger partial charge in [-0.15, -0.1) is 0 Å². The second-order valence-corrected chi connectivity index (χ2v) is 5.17. The summed E-state index contributed by atoms with van der Waals surface area (Å²) < 4.78 is 4.93. The van der Waals surface area contributed by atoms with Gasteiger partial charge >= 0.3 is 0 Å². The predicted molar refractivity (Wildman–Crippen MR) is 85.8 cm³/mol. The highest BCUT2D eigenvalue weighted by Crippen LogP contribution is 2.22. The lowest BCUT2D eigenvalue weighted by atomic mass is 10.2. The molecule has 1 amide bonds. The van der Waals surface area contributed by atoms with E-state index in [0.29, 0.717) is 6.61 Å². The average molecular weight is 347 g/mol. The molecule has 0 saturated heterocycles. The molecule has 0 fully saturated rings. The fourth-order valence-electron chi connectivity index (χ4n) is 1.58. The highest BCUT2D eigenvalue weighted by Gasteiger charge is 2.20. The first-order chi connectivity index (χ1) is 10.3. The standard InChI is InChI=1S/C12H15ClN4O4S/c1-7(6-21-2)14-12(22)16-15-11(18)9-5-8(13)3-4-10(9)17(19)20/h3-5,7H,6H2,1-2H3,(H,15,18)(H2,14,16,22)/t7-/m0/s1. The van der Waals surface area contributed by atoms with Crippen LogP contribution in [-0.4, -0.2) is 35.7 Å². The third-order valence-corrected chi connectivity index (χ3v) is 2.94. The van der Waals surface area contributed by atoms with Crippen LogP contribution in [0, 0.1) is 10.1 Å². The number of methoxy groups -OCH3 is 1. The molecule has 0 unspecified atom stereocenters. The summed E-state index contributed by atoms with van der Waals surface area (Å²) in [5.41, 5.74) is 4.21. The van der Waals surface area contributed by atoms with Crippen LogP contribution in [0.4, 0.5) is 5.69 Å². The van der Waals surface area contributed by atoms with Crippen molar-refractivity contribution in [2.45, 2.75) is 13.0 Å². The number of nitrogens with one attached hydrogen (secondary N) is 3. The molecule has 1 rings (SSSR count). The first kappa shape index (κ1) is 18.1. The number of carbonyl (C=O) groups is 1. The van der Waals surface area contributed by atoms with Crippen LogP contribution < -0.4 is 16.2 Å². The van der Waals surface area contributed by atoms with E-state index in [1.54, 1.807) is 7.11 Å². The van der Waals surface area contributed by atoms with Crippen LogP contribution in [0.5, 0.6) is 0 Å². The maximum Gasteiger partial charge on any atom is 0.282 e. The molecule has 0 bridgehead atoms. The van der Waals surface area contributed by atoms with Gasteiger partial charge in [-0.3, -0.25) is 25.8 Å². The largest absolute Gasteiger partial charge is 0.383 e. The predicted octanol–water partition coefficient (Wildman–Crippen LogP) is 1.39. The molecule has 0 aromatic heterocycles. The summed E-state index contributed by atoms with van der Waals surface area (Å²) in [6.45, 7) is 2.26. The van der Waals surface area contributed by atoms with Gasteiger partial charge in [0.2, 0.25) is 0 Å². The molecule has 0 saturated carbocycles. The molecule has 0 aliphatic rings. The molecular weight excluding hydrogens is 332 g/mol. The van der Waals surface area contributed by atoms with Crippen molar-refractivity contribution in [3.05, 3.63) is 38.9 Å². The summed E-state index contributed by atoms with van der Waals surface area (Å²) in [7, 11) is 1.55. The van der Waals surface area contributed by atoms with Crippen molar-refractivity contribution < 1.29 is 14.5 Å². The third-order valence-electron chi connectivity index (χ3n) is 2.48. The third kappa shape index (κ3) is 5.43. The van der Waals surface area contributed by atoms with Gasteiger partial charge in [-0.1, -0.05) is 11.6 Å². The maximum atomic E-state index is 12.0. The molecular formula is C12H15ClN4O4S. The minimum absolute atomic E-state index is 0.0672. The van der Waals surface area contributed by atoms with Gasteiger partial charge in [0.25, 0.3) is 11.6 Å². The Morgan fingerprint density at radius 1 is 1.50 bits per heavy atom. The molecule has 10 heteroatoms. The van der Waals surface area contributed by atoms with Crippen molar-refractivity contribution >= 4 is 40.5 Å². The van der Waals surface area contributed by atoms with Crippen molar-refractivity contribution in [1.82, 2.24) is 16.2 Å². The average Bonchev–Trinajstić information content (AvgIpc) is 2.44. The number of benzene rings is 1. The summed E-state index contributed by atoms with van der Waals surface area (Å²) in [5, 5.41) is 14.1. The van der Waals surface area contributed by atoms with E-state index in [4.69, 9.17) is 28.6 Å². The number of thiocarbonyl (C=S) groups is 1. The Bertz CT molecular complexity index is 584. The molecule has 0 aliphatic carbocycles. The second kappa shape index (κ2) is 8.47. The topological polar surface area (TPSA) is 106 Å². The zero-order valence-corrected chi connectivity index (χ0v) is 13.5. The molecule has 0 aliphatic heterocycles. The van der Waals surface area contributed by atoms with E-state index in [2.05, 4.69) is 16.2 Å². The lowest BCUT2D eigenvalue weighted by Crippen LogP contribution is -2.50. The SMILES string of the molecule is COC[C@H](C)NC(=S)NNC(=O)c1cc(Cl)ccc1[N+](=O)[O-]. The Labute approximate surface area is 137 Å². The molecule has 0 radical (unpaired) electrons. The van der Waals surface area contributed by atoms with Crippen LogP contribution >= 0.6 is 23.8 Å². The first-order valence-electron chi connectivity index (χ1n) is 6.15. The highest BCUT2D eigenvalue weighted by atomic mass is 35.5. The number of rotatable bonds is 5. The summed E-state index contributed by atoms with van der Waals surface area (Å²) in [6.07, 6.45) is 0. The second-order valence-electron chi connectivity index (χ2n) is 4.33. The van der Waals surface area contributed by atoms with Gasteiger partial charge in [0.1, 0.15) is 5.56 Å². The fourth-order valence-corrected chi connectivity index (χ4v) is 2.01. The van der Waals surface area contributed by atoms with Gasteiger partial charge in [-0.05, 0) is 31.3 Å². The molecule has 120 valence electrons. The lowest BCUT2D eigenvalue weighted by Gasteiger charge is -2.16. The Balaban J connectivity index is 2.68. The van der Waals surface area contributed by atoms with Gasteiger partial charge in [0.15, 0.2) is 5.11 Å². The number of ether oxygens (including phenoxy) is 1. The molecule has 1 aromatic rings. The van der Waals surface area contributed by atoms with Gasteiger partial charge in [0.05, 0.1) is 11.5 Å². The van der Waals surface area contributed by atoms with Crippen LogP contribution in [0.2, 0.25) is 5.02 Å². The normalized spacial score (nSPS) is 11.4. The Hall–Kier alpha value is -1.97.